The van der Waals surface area contributed by atoms with Gasteiger partial charge in [0.05, 0.1) is 12.7 Å². The molecule has 0 aromatic carbocycles. The van der Waals surface area contributed by atoms with Crippen molar-refractivity contribution in [2.75, 3.05) is 13.2 Å². The molecule has 0 aromatic rings. The first-order valence-electron chi connectivity index (χ1n) is 6.31. The average Bonchev–Trinajstić information content (AvgIpc) is 2.81. The molecule has 0 radical (unpaired) electrons. The highest BCUT2D eigenvalue weighted by molar-refractivity contribution is 5.72. The summed E-state index contributed by atoms with van der Waals surface area (Å²) in [5, 5.41) is 21.5. The van der Waals surface area contributed by atoms with Crippen LogP contribution in [0.1, 0.15) is 39.5 Å². The number of aliphatic carboxylic acids is 1. The van der Waals surface area contributed by atoms with Gasteiger partial charge in [-0.05, 0) is 25.7 Å². The molecule has 2 atom stereocenters. The van der Waals surface area contributed by atoms with Crippen LogP contribution in [-0.2, 0) is 9.53 Å². The number of aliphatic hydroxyl groups excluding tert-OH is 1. The van der Waals surface area contributed by atoms with Gasteiger partial charge < -0.3 is 20.3 Å². The van der Waals surface area contributed by atoms with E-state index in [1.165, 1.54) is 0 Å². The summed E-state index contributed by atoms with van der Waals surface area (Å²) >= 11 is 0. The molecule has 1 aliphatic rings. The van der Waals surface area contributed by atoms with Crippen molar-refractivity contribution in [1.82, 2.24) is 5.32 Å². The Morgan fingerprint density at radius 1 is 1.41 bits per heavy atom. The third-order valence-electron chi connectivity index (χ3n) is 3.74. The predicted octanol–water partition coefficient (Wildman–Crippen LogP) is 0.759. The minimum Gasteiger partial charge on any atom is -0.479 e. The highest BCUT2D eigenvalue weighted by Gasteiger charge is 2.32. The van der Waals surface area contributed by atoms with Crippen LogP contribution >= 0.6 is 0 Å². The zero-order valence-electron chi connectivity index (χ0n) is 10.6. The Morgan fingerprint density at radius 2 is 2.06 bits per heavy atom. The van der Waals surface area contributed by atoms with E-state index in [0.29, 0.717) is 13.0 Å². The molecule has 0 spiro atoms. The number of nitrogens with one attached hydrogen (secondary N) is 1. The van der Waals surface area contributed by atoms with Crippen molar-refractivity contribution in [3.8, 4) is 0 Å². The van der Waals surface area contributed by atoms with Crippen LogP contribution < -0.4 is 5.32 Å². The molecule has 0 bridgehead atoms. The fourth-order valence-corrected chi connectivity index (χ4v) is 2.15. The first-order chi connectivity index (χ1) is 8.06. The summed E-state index contributed by atoms with van der Waals surface area (Å²) in [6.45, 7) is 4.76. The maximum absolute atomic E-state index is 10.7. The van der Waals surface area contributed by atoms with E-state index in [1.54, 1.807) is 0 Å². The second-order valence-electron chi connectivity index (χ2n) is 4.69. The second kappa shape index (κ2) is 6.33. The maximum atomic E-state index is 10.7. The molecule has 100 valence electrons. The summed E-state index contributed by atoms with van der Waals surface area (Å²) in [7, 11) is 0. The summed E-state index contributed by atoms with van der Waals surface area (Å²) in [6, 6.07) is 0. The Balaban J connectivity index is 2.38. The van der Waals surface area contributed by atoms with Gasteiger partial charge in [0.2, 0.25) is 0 Å². The SMILES string of the molecule is CCC(CC)(CO)NCC1CCC(C(=O)O)O1. The van der Waals surface area contributed by atoms with E-state index in [4.69, 9.17) is 9.84 Å². The molecule has 0 amide bonds. The van der Waals surface area contributed by atoms with Crippen molar-refractivity contribution >= 4 is 5.97 Å². The fraction of sp³-hybridized carbons (Fsp3) is 0.917. The molecule has 0 aliphatic carbocycles. The fourth-order valence-electron chi connectivity index (χ4n) is 2.15. The normalized spacial score (nSPS) is 25.1. The average molecular weight is 245 g/mol. The molecule has 3 N–H and O–H groups in total. The van der Waals surface area contributed by atoms with Gasteiger partial charge in [0.15, 0.2) is 6.10 Å². The molecule has 0 aromatic heterocycles. The topological polar surface area (TPSA) is 78.8 Å². The number of hydrogen-bond donors (Lipinski definition) is 3. The smallest absolute Gasteiger partial charge is 0.332 e. The van der Waals surface area contributed by atoms with Gasteiger partial charge in [-0.1, -0.05) is 13.8 Å². The van der Waals surface area contributed by atoms with Gasteiger partial charge in [-0.2, -0.15) is 0 Å². The van der Waals surface area contributed by atoms with Crippen LogP contribution in [-0.4, -0.2) is 47.1 Å². The molecule has 1 saturated heterocycles. The van der Waals surface area contributed by atoms with Gasteiger partial charge in [-0.25, -0.2) is 4.79 Å². The number of rotatable bonds is 7. The van der Waals surface area contributed by atoms with Crippen LogP contribution in [0.4, 0.5) is 0 Å². The molecule has 2 unspecified atom stereocenters. The Labute approximate surface area is 102 Å². The molecule has 17 heavy (non-hydrogen) atoms. The number of aliphatic hydroxyl groups is 1. The van der Waals surface area contributed by atoms with Crippen molar-refractivity contribution < 1.29 is 19.7 Å². The molecule has 1 fully saturated rings. The highest BCUT2D eigenvalue weighted by atomic mass is 16.5. The van der Waals surface area contributed by atoms with Crippen molar-refractivity contribution in [1.29, 1.82) is 0 Å². The van der Waals surface area contributed by atoms with E-state index in [2.05, 4.69) is 5.32 Å². The molecular weight excluding hydrogens is 222 g/mol. The minimum absolute atomic E-state index is 0.0554. The monoisotopic (exact) mass is 245 g/mol. The molecule has 5 heteroatoms. The first-order valence-corrected chi connectivity index (χ1v) is 6.31. The first kappa shape index (κ1) is 14.4. The van der Waals surface area contributed by atoms with E-state index < -0.39 is 12.1 Å². The van der Waals surface area contributed by atoms with Crippen LogP contribution in [0.3, 0.4) is 0 Å². The number of carboxylic acid groups (broad SMARTS) is 1. The van der Waals surface area contributed by atoms with Crippen molar-refractivity contribution in [3.63, 3.8) is 0 Å². The lowest BCUT2D eigenvalue weighted by molar-refractivity contribution is -0.149. The molecule has 1 rings (SSSR count). The molecule has 5 nitrogen and oxygen atoms in total. The largest absolute Gasteiger partial charge is 0.479 e. The van der Waals surface area contributed by atoms with E-state index in [-0.39, 0.29) is 18.2 Å². The van der Waals surface area contributed by atoms with Gasteiger partial charge in [-0.15, -0.1) is 0 Å². The lowest BCUT2D eigenvalue weighted by Gasteiger charge is -2.32. The zero-order valence-corrected chi connectivity index (χ0v) is 10.6. The third-order valence-corrected chi connectivity index (χ3v) is 3.74. The van der Waals surface area contributed by atoms with Crippen molar-refractivity contribution in [2.24, 2.45) is 0 Å². The third kappa shape index (κ3) is 3.66. The number of carbonyl (C=O) groups is 1. The van der Waals surface area contributed by atoms with Crippen LogP contribution in [0.5, 0.6) is 0 Å². The van der Waals surface area contributed by atoms with E-state index >= 15 is 0 Å². The Kier molecular flexibility index (Phi) is 5.36. The van der Waals surface area contributed by atoms with Crippen LogP contribution in [0.25, 0.3) is 0 Å². The van der Waals surface area contributed by atoms with Crippen LogP contribution in [0.2, 0.25) is 0 Å². The summed E-state index contributed by atoms with van der Waals surface area (Å²) in [5.41, 5.74) is -0.259. The van der Waals surface area contributed by atoms with E-state index in [1.807, 2.05) is 13.8 Å². The summed E-state index contributed by atoms with van der Waals surface area (Å²) in [5.74, 6) is -0.882. The van der Waals surface area contributed by atoms with Gasteiger partial charge in [-0.3, -0.25) is 0 Å². The Morgan fingerprint density at radius 3 is 2.47 bits per heavy atom. The zero-order chi connectivity index (χ0) is 12.9. The standard InChI is InChI=1S/C12H23NO4/c1-3-12(4-2,8-14)13-7-9-5-6-10(17-9)11(15)16/h9-10,13-14H,3-8H2,1-2H3,(H,15,16). The maximum Gasteiger partial charge on any atom is 0.332 e. The predicted molar refractivity (Wildman–Crippen MR) is 63.9 cm³/mol. The molecule has 1 heterocycles. The number of hydrogen-bond acceptors (Lipinski definition) is 4. The Hall–Kier alpha value is -0.650. The van der Waals surface area contributed by atoms with Crippen LogP contribution in [0.15, 0.2) is 0 Å². The van der Waals surface area contributed by atoms with Gasteiger partial charge in [0, 0.05) is 12.1 Å². The minimum atomic E-state index is -0.882. The molecule has 0 saturated carbocycles. The highest BCUT2D eigenvalue weighted by Crippen LogP contribution is 2.21. The summed E-state index contributed by atoms with van der Waals surface area (Å²) < 4.78 is 5.41. The lowest BCUT2D eigenvalue weighted by atomic mass is 9.93. The van der Waals surface area contributed by atoms with Crippen molar-refractivity contribution in [2.45, 2.75) is 57.3 Å². The van der Waals surface area contributed by atoms with E-state index in [9.17, 15) is 9.90 Å². The summed E-state index contributed by atoms with van der Waals surface area (Å²) in [4.78, 5) is 10.7. The quantitative estimate of drug-likeness (QED) is 0.617. The number of carboxylic acids is 1. The molecule has 1 aliphatic heterocycles. The number of ether oxygens (including phenoxy) is 1. The molecular formula is C12H23NO4. The van der Waals surface area contributed by atoms with Crippen LogP contribution in [0, 0.1) is 0 Å². The second-order valence-corrected chi connectivity index (χ2v) is 4.69. The Bertz CT molecular complexity index is 245. The van der Waals surface area contributed by atoms with Gasteiger partial charge in [0.1, 0.15) is 0 Å². The van der Waals surface area contributed by atoms with E-state index in [0.717, 1.165) is 19.3 Å². The van der Waals surface area contributed by atoms with Gasteiger partial charge in [0.25, 0.3) is 0 Å². The van der Waals surface area contributed by atoms with Crippen molar-refractivity contribution in [3.05, 3.63) is 0 Å². The van der Waals surface area contributed by atoms with Gasteiger partial charge >= 0.3 is 5.97 Å². The lowest BCUT2D eigenvalue weighted by Crippen LogP contribution is -2.50. The summed E-state index contributed by atoms with van der Waals surface area (Å²) in [6.07, 6.45) is 2.31.